The van der Waals surface area contributed by atoms with Gasteiger partial charge in [0.25, 0.3) is 0 Å². The maximum Gasteiger partial charge on any atom is 0.223 e. The second kappa shape index (κ2) is 5.67. The Morgan fingerprint density at radius 1 is 1.40 bits per heavy atom. The number of aliphatic hydroxyl groups excluding tert-OH is 1. The standard InChI is InChI=1S/C16H20N2O2/c19-11-13-4-3-9-18(13)16(20)8-7-12-10-17-15-6-2-1-5-14(12)15/h1-2,5-6,10,13,17,19H,3-4,7-9,11H2/t13-/m0/s1. The number of benzene rings is 1. The zero-order chi connectivity index (χ0) is 13.9. The number of hydrogen-bond acceptors (Lipinski definition) is 2. The van der Waals surface area contributed by atoms with Gasteiger partial charge in [0.15, 0.2) is 0 Å². The number of aliphatic hydroxyl groups is 1. The number of nitrogens with one attached hydrogen (secondary N) is 1. The normalized spacial score (nSPS) is 18.9. The van der Waals surface area contributed by atoms with Crippen LogP contribution in [0.5, 0.6) is 0 Å². The van der Waals surface area contributed by atoms with Gasteiger partial charge in [0, 0.05) is 30.1 Å². The Bertz CT molecular complexity index is 605. The molecule has 4 heteroatoms. The van der Waals surface area contributed by atoms with E-state index in [4.69, 9.17) is 0 Å². The minimum absolute atomic E-state index is 0.0328. The van der Waals surface area contributed by atoms with Gasteiger partial charge in [-0.2, -0.15) is 0 Å². The zero-order valence-electron chi connectivity index (χ0n) is 11.5. The van der Waals surface area contributed by atoms with Crippen molar-refractivity contribution in [3.63, 3.8) is 0 Å². The summed E-state index contributed by atoms with van der Waals surface area (Å²) in [5.41, 5.74) is 2.30. The molecule has 0 bridgehead atoms. The molecule has 1 aromatic carbocycles. The molecule has 2 heterocycles. The van der Waals surface area contributed by atoms with Gasteiger partial charge in [0.05, 0.1) is 12.6 Å². The van der Waals surface area contributed by atoms with Crippen LogP contribution >= 0.6 is 0 Å². The number of aromatic amines is 1. The van der Waals surface area contributed by atoms with Crippen molar-refractivity contribution in [2.75, 3.05) is 13.2 Å². The van der Waals surface area contributed by atoms with E-state index in [1.807, 2.05) is 29.3 Å². The van der Waals surface area contributed by atoms with Gasteiger partial charge in [-0.3, -0.25) is 4.79 Å². The van der Waals surface area contributed by atoms with Crippen molar-refractivity contribution < 1.29 is 9.90 Å². The number of amides is 1. The fourth-order valence-electron chi connectivity index (χ4n) is 3.08. The molecule has 0 spiro atoms. The highest BCUT2D eigenvalue weighted by Gasteiger charge is 2.27. The Hall–Kier alpha value is -1.81. The summed E-state index contributed by atoms with van der Waals surface area (Å²) in [6.45, 7) is 0.872. The van der Waals surface area contributed by atoms with Gasteiger partial charge in [-0.1, -0.05) is 18.2 Å². The van der Waals surface area contributed by atoms with E-state index < -0.39 is 0 Å². The summed E-state index contributed by atoms with van der Waals surface area (Å²) >= 11 is 0. The number of aromatic nitrogens is 1. The van der Waals surface area contributed by atoms with E-state index >= 15 is 0 Å². The van der Waals surface area contributed by atoms with E-state index in [2.05, 4.69) is 11.1 Å². The third-order valence-electron chi connectivity index (χ3n) is 4.19. The first-order valence-electron chi connectivity index (χ1n) is 7.25. The maximum absolute atomic E-state index is 12.3. The third-order valence-corrected chi connectivity index (χ3v) is 4.19. The SMILES string of the molecule is O=C(CCc1c[nH]c2ccccc12)N1CCC[C@H]1CO. The van der Waals surface area contributed by atoms with Crippen molar-refractivity contribution in [2.24, 2.45) is 0 Å². The number of para-hydroxylation sites is 1. The molecule has 1 aromatic heterocycles. The number of likely N-dealkylation sites (tertiary alicyclic amines) is 1. The van der Waals surface area contributed by atoms with E-state index in [0.717, 1.165) is 31.3 Å². The van der Waals surface area contributed by atoms with Gasteiger partial charge in [0.2, 0.25) is 5.91 Å². The molecule has 1 aliphatic rings. The lowest BCUT2D eigenvalue weighted by molar-refractivity contribution is -0.132. The fraction of sp³-hybridized carbons (Fsp3) is 0.438. The molecule has 0 unspecified atom stereocenters. The van der Waals surface area contributed by atoms with Gasteiger partial charge >= 0.3 is 0 Å². The molecule has 4 nitrogen and oxygen atoms in total. The molecule has 106 valence electrons. The smallest absolute Gasteiger partial charge is 0.223 e. The number of H-pyrrole nitrogens is 1. The monoisotopic (exact) mass is 272 g/mol. The summed E-state index contributed by atoms with van der Waals surface area (Å²) in [6, 6.07) is 8.18. The molecule has 2 N–H and O–H groups in total. The molecule has 1 amide bonds. The molecular formula is C16H20N2O2. The lowest BCUT2D eigenvalue weighted by Crippen LogP contribution is -2.37. The Balaban J connectivity index is 1.66. The molecule has 0 saturated carbocycles. The summed E-state index contributed by atoms with van der Waals surface area (Å²) in [4.78, 5) is 17.3. The first-order valence-corrected chi connectivity index (χ1v) is 7.25. The van der Waals surface area contributed by atoms with Gasteiger partial charge in [-0.15, -0.1) is 0 Å². The third kappa shape index (κ3) is 2.43. The highest BCUT2D eigenvalue weighted by atomic mass is 16.3. The Morgan fingerprint density at radius 3 is 3.10 bits per heavy atom. The quantitative estimate of drug-likeness (QED) is 0.895. The van der Waals surface area contributed by atoms with Crippen molar-refractivity contribution in [1.82, 2.24) is 9.88 Å². The summed E-state index contributed by atoms with van der Waals surface area (Å²) in [6.07, 6.45) is 5.18. The van der Waals surface area contributed by atoms with Crippen LogP contribution in [0.15, 0.2) is 30.5 Å². The molecule has 2 aromatic rings. The molecule has 1 atom stereocenters. The number of fused-ring (bicyclic) bond motifs is 1. The van der Waals surface area contributed by atoms with Gasteiger partial charge in [-0.25, -0.2) is 0 Å². The van der Waals surface area contributed by atoms with Crippen molar-refractivity contribution in [3.05, 3.63) is 36.0 Å². The molecule has 1 fully saturated rings. The van der Waals surface area contributed by atoms with Crippen LogP contribution in [0, 0.1) is 0 Å². The number of hydrogen-bond donors (Lipinski definition) is 2. The first-order chi connectivity index (χ1) is 9.79. The second-order valence-corrected chi connectivity index (χ2v) is 5.43. The number of aryl methyl sites for hydroxylation is 1. The van der Waals surface area contributed by atoms with E-state index in [1.165, 1.54) is 10.9 Å². The van der Waals surface area contributed by atoms with Crippen LogP contribution in [0.25, 0.3) is 10.9 Å². The predicted octanol–water partition coefficient (Wildman–Crippen LogP) is 2.08. The molecule has 0 aliphatic carbocycles. The van der Waals surface area contributed by atoms with Crippen LogP contribution in [0.1, 0.15) is 24.8 Å². The lowest BCUT2D eigenvalue weighted by Gasteiger charge is -2.22. The van der Waals surface area contributed by atoms with E-state index in [1.54, 1.807) is 0 Å². The van der Waals surface area contributed by atoms with Crippen LogP contribution in [0.3, 0.4) is 0 Å². The molecule has 1 aliphatic heterocycles. The molecular weight excluding hydrogens is 252 g/mol. The maximum atomic E-state index is 12.3. The highest BCUT2D eigenvalue weighted by molar-refractivity contribution is 5.84. The number of carbonyl (C=O) groups is 1. The zero-order valence-corrected chi connectivity index (χ0v) is 11.5. The lowest BCUT2D eigenvalue weighted by atomic mass is 10.1. The number of nitrogens with zero attached hydrogens (tertiary/aromatic N) is 1. The molecule has 3 rings (SSSR count). The topological polar surface area (TPSA) is 56.3 Å². The van der Waals surface area contributed by atoms with Crippen LogP contribution in [-0.4, -0.2) is 40.1 Å². The second-order valence-electron chi connectivity index (χ2n) is 5.43. The number of rotatable bonds is 4. The van der Waals surface area contributed by atoms with E-state index in [-0.39, 0.29) is 18.6 Å². The van der Waals surface area contributed by atoms with Crippen LogP contribution in [0.4, 0.5) is 0 Å². The summed E-state index contributed by atoms with van der Waals surface area (Å²) in [5.74, 6) is 0.159. The average Bonchev–Trinajstić information content (AvgIpc) is 3.11. The van der Waals surface area contributed by atoms with Crippen LogP contribution in [0.2, 0.25) is 0 Å². The summed E-state index contributed by atoms with van der Waals surface area (Å²) < 4.78 is 0. The van der Waals surface area contributed by atoms with Crippen LogP contribution < -0.4 is 0 Å². The molecule has 1 saturated heterocycles. The van der Waals surface area contributed by atoms with E-state index in [9.17, 15) is 9.90 Å². The van der Waals surface area contributed by atoms with Crippen molar-refractivity contribution in [3.8, 4) is 0 Å². The van der Waals surface area contributed by atoms with Crippen molar-refractivity contribution in [2.45, 2.75) is 31.7 Å². The minimum Gasteiger partial charge on any atom is -0.394 e. The van der Waals surface area contributed by atoms with Crippen LogP contribution in [-0.2, 0) is 11.2 Å². The minimum atomic E-state index is 0.0328. The number of carbonyl (C=O) groups excluding carboxylic acids is 1. The van der Waals surface area contributed by atoms with Gasteiger partial charge in [-0.05, 0) is 30.9 Å². The highest BCUT2D eigenvalue weighted by Crippen LogP contribution is 2.21. The van der Waals surface area contributed by atoms with Crippen molar-refractivity contribution in [1.29, 1.82) is 0 Å². The van der Waals surface area contributed by atoms with Crippen molar-refractivity contribution >= 4 is 16.8 Å². The Labute approximate surface area is 118 Å². The average molecular weight is 272 g/mol. The fourth-order valence-corrected chi connectivity index (χ4v) is 3.08. The molecule has 0 radical (unpaired) electrons. The van der Waals surface area contributed by atoms with E-state index in [0.29, 0.717) is 6.42 Å². The largest absolute Gasteiger partial charge is 0.394 e. The van der Waals surface area contributed by atoms with Gasteiger partial charge < -0.3 is 15.0 Å². The summed E-state index contributed by atoms with van der Waals surface area (Å²) in [7, 11) is 0. The first kappa shape index (κ1) is 13.2. The Kier molecular flexibility index (Phi) is 3.74. The summed E-state index contributed by atoms with van der Waals surface area (Å²) in [5, 5.41) is 10.5. The van der Waals surface area contributed by atoms with Gasteiger partial charge in [0.1, 0.15) is 0 Å². The Morgan fingerprint density at radius 2 is 2.25 bits per heavy atom. The predicted molar refractivity (Wildman–Crippen MR) is 78.4 cm³/mol. The molecule has 20 heavy (non-hydrogen) atoms.